The van der Waals surface area contributed by atoms with E-state index < -0.39 is 5.92 Å². The van der Waals surface area contributed by atoms with Gasteiger partial charge in [0, 0.05) is 56.0 Å². The second kappa shape index (κ2) is 37.0. The molecule has 0 atom stereocenters. The fourth-order valence-electron chi connectivity index (χ4n) is 12.2. The molecule has 9 rings (SSSR count). The maximum absolute atomic E-state index is 12.9. The molecule has 1 aliphatic carbocycles. The summed E-state index contributed by atoms with van der Waals surface area (Å²) in [5.74, 6) is -0.537. The van der Waals surface area contributed by atoms with Crippen molar-refractivity contribution in [2.45, 2.75) is 114 Å². The molecule has 3 heterocycles. The fraction of sp³-hybridized carbons (Fsp3) is 0.528. The zero-order valence-corrected chi connectivity index (χ0v) is 52.8. The predicted molar refractivity (Wildman–Crippen MR) is 347 cm³/mol. The molecular weight excluding hydrogens is 1110 g/mol. The molecule has 4 aliphatic rings. The number of rotatable bonds is 33. The zero-order valence-electron chi connectivity index (χ0n) is 52.8. The van der Waals surface area contributed by atoms with E-state index in [1.807, 2.05) is 127 Å². The van der Waals surface area contributed by atoms with Crippen molar-refractivity contribution in [3.8, 4) is 11.1 Å². The van der Waals surface area contributed by atoms with Crippen molar-refractivity contribution in [1.82, 2.24) is 20.0 Å². The maximum atomic E-state index is 12.9. The van der Waals surface area contributed by atoms with Gasteiger partial charge in [0.05, 0.1) is 77.9 Å². The Morgan fingerprint density at radius 2 is 1.06 bits per heavy atom. The number of carbonyl (C=O) groups is 4. The number of hydrogen-bond acceptors (Lipinski definition) is 13. The summed E-state index contributed by atoms with van der Waals surface area (Å²) in [6.45, 7) is 13.5. The molecule has 16 nitrogen and oxygen atoms in total. The highest BCUT2D eigenvalue weighted by Gasteiger charge is 2.37. The topological polar surface area (TPSA) is 157 Å². The average molecular weight is 1210 g/mol. The number of quaternary nitrogens is 1. The first-order valence-electron chi connectivity index (χ1n) is 32.7. The predicted octanol–water partition coefficient (Wildman–Crippen LogP) is 12.3. The van der Waals surface area contributed by atoms with Crippen molar-refractivity contribution in [3.05, 3.63) is 162 Å². The number of nitrogens with zero attached hydrogens (tertiary/aromatic N) is 4. The lowest BCUT2D eigenvalue weighted by Crippen LogP contribution is -2.43. The number of benzene rings is 5. The van der Waals surface area contributed by atoms with E-state index in [1.165, 1.54) is 44.9 Å². The summed E-state index contributed by atoms with van der Waals surface area (Å²) in [6, 6.07) is 44.8. The van der Waals surface area contributed by atoms with Gasteiger partial charge in [0.1, 0.15) is 18.8 Å². The summed E-state index contributed by atoms with van der Waals surface area (Å²) < 4.78 is 35.2. The van der Waals surface area contributed by atoms with Crippen LogP contribution in [0.5, 0.6) is 0 Å². The van der Waals surface area contributed by atoms with Crippen molar-refractivity contribution < 1.29 is 52.1 Å². The zero-order chi connectivity index (χ0) is 61.6. The van der Waals surface area contributed by atoms with Crippen molar-refractivity contribution in [3.63, 3.8) is 0 Å². The number of alkyl carbamates (subject to hydrolysis) is 1. The number of piperidine rings is 2. The van der Waals surface area contributed by atoms with Crippen LogP contribution in [0.15, 0.2) is 140 Å². The number of carbonyl (C=O) groups excluding carboxylic acids is 4. The van der Waals surface area contributed by atoms with E-state index in [-0.39, 0.29) is 48.3 Å². The number of unbranched alkanes of at least 4 members (excludes halogenated alkanes) is 7. The van der Waals surface area contributed by atoms with Crippen LogP contribution in [-0.2, 0) is 28.4 Å². The first-order valence-corrected chi connectivity index (χ1v) is 32.7. The Morgan fingerprint density at radius 1 is 0.557 bits per heavy atom. The molecule has 3 saturated heterocycles. The first kappa shape index (κ1) is 67.6. The Morgan fingerprint density at radius 3 is 1.66 bits per heavy atom. The minimum atomic E-state index is -0.505. The first-order chi connectivity index (χ1) is 43.0. The molecule has 3 aliphatic heterocycles. The molecule has 0 saturated carbocycles. The number of likely N-dealkylation sites (N-methyl/N-ethyl adjacent to an activating group) is 2. The number of amides is 2. The summed E-state index contributed by atoms with van der Waals surface area (Å²) in [6.07, 6.45) is 14.1. The van der Waals surface area contributed by atoms with Gasteiger partial charge in [-0.3, -0.25) is 14.9 Å². The number of anilines is 1. The molecule has 0 unspecified atom stereocenters. The van der Waals surface area contributed by atoms with Crippen molar-refractivity contribution in [2.75, 3.05) is 132 Å². The van der Waals surface area contributed by atoms with E-state index in [0.717, 1.165) is 150 Å². The van der Waals surface area contributed by atoms with Gasteiger partial charge < -0.3 is 52.9 Å². The van der Waals surface area contributed by atoms with E-state index in [9.17, 15) is 19.2 Å². The number of nitrogens with one attached hydrogen (secondary N) is 2. The van der Waals surface area contributed by atoms with Crippen molar-refractivity contribution >= 4 is 29.4 Å². The Balaban J connectivity index is 0.000000234. The van der Waals surface area contributed by atoms with Gasteiger partial charge in [-0.05, 0) is 101 Å². The summed E-state index contributed by atoms with van der Waals surface area (Å²) in [5.41, 5.74) is 6.05. The number of likely N-dealkylation sites (tertiary alicyclic amines) is 2. The second-order valence-corrected chi connectivity index (χ2v) is 24.7. The van der Waals surface area contributed by atoms with Gasteiger partial charge in [0.2, 0.25) is 0 Å². The van der Waals surface area contributed by atoms with E-state index in [4.69, 9.17) is 28.4 Å². The van der Waals surface area contributed by atoms with Crippen LogP contribution in [-0.4, -0.2) is 188 Å². The van der Waals surface area contributed by atoms with Gasteiger partial charge in [-0.25, -0.2) is 9.59 Å². The van der Waals surface area contributed by atoms with Gasteiger partial charge in [0.25, 0.3) is 0 Å². The minimum Gasteiger partial charge on any atom is -0.446 e. The Labute approximate surface area is 524 Å². The molecule has 0 spiro atoms. The van der Waals surface area contributed by atoms with Crippen LogP contribution >= 0.6 is 0 Å². The quantitative estimate of drug-likeness (QED) is 0.0233. The third-order valence-electron chi connectivity index (χ3n) is 17.4. The van der Waals surface area contributed by atoms with Gasteiger partial charge in [-0.1, -0.05) is 166 Å². The van der Waals surface area contributed by atoms with Gasteiger partial charge >= 0.3 is 12.2 Å². The standard InChI is InChI=1S/C40H51N3O6.C32H47N3O4/c1-43(2,25-12-11-19-36-38(44)34-17-9-10-18-35(34)39(36)45)26-28-48-30-29-47-27-24-42-22-20-33(21-23-42)49-40(46)41-37(31-13-5-3-6-14-31)32-15-7-4-8-16-32;1-34(26-31-37-24-25-38-31)20-12-5-3-2-4-6-13-21-35-22-18-28(19-23-35)39-32(36)33-30-17-11-10-16-29(30)27-14-8-7-9-15-27/h3-10,13-18,33,36-37H,11-12,19-30H2,1-2H3;7-11,14-17,28,31H,2-6,12-13,18-26H2,1H3,(H,33,36)/p+1. The Bertz CT molecular complexity index is 2750. The molecule has 5 aromatic rings. The molecule has 476 valence electrons. The number of ketones is 2. The van der Waals surface area contributed by atoms with Crippen molar-refractivity contribution in [1.29, 1.82) is 0 Å². The fourth-order valence-corrected chi connectivity index (χ4v) is 12.2. The van der Waals surface area contributed by atoms with Crippen LogP contribution in [0, 0.1) is 5.92 Å². The molecule has 2 N–H and O–H groups in total. The summed E-state index contributed by atoms with van der Waals surface area (Å²) >= 11 is 0. The Kier molecular flexibility index (Phi) is 28.4. The Hall–Kier alpha value is -6.34. The molecule has 2 amide bonds. The third kappa shape index (κ3) is 22.9. The summed E-state index contributed by atoms with van der Waals surface area (Å²) in [5, 5.41) is 6.04. The van der Waals surface area contributed by atoms with Crippen LogP contribution in [0.2, 0.25) is 0 Å². The van der Waals surface area contributed by atoms with E-state index in [0.29, 0.717) is 44.0 Å². The van der Waals surface area contributed by atoms with E-state index in [2.05, 4.69) is 46.5 Å². The van der Waals surface area contributed by atoms with Crippen LogP contribution in [0.1, 0.15) is 128 Å². The van der Waals surface area contributed by atoms with Crippen LogP contribution in [0.3, 0.4) is 0 Å². The number of fused-ring (bicyclic) bond motifs is 1. The molecule has 16 heteroatoms. The second-order valence-electron chi connectivity index (χ2n) is 24.7. The lowest BCUT2D eigenvalue weighted by Gasteiger charge is -2.32. The number of ether oxygens (including phenoxy) is 6. The number of Topliss-reactive ketones (excluding diaryl/α,β-unsaturated/α-hetero) is 2. The van der Waals surface area contributed by atoms with Gasteiger partial charge in [-0.2, -0.15) is 0 Å². The van der Waals surface area contributed by atoms with Crippen molar-refractivity contribution in [2.24, 2.45) is 5.92 Å². The summed E-state index contributed by atoms with van der Waals surface area (Å²) in [7, 11) is 6.53. The molecule has 0 radical (unpaired) electrons. The van der Waals surface area contributed by atoms with Gasteiger partial charge in [0.15, 0.2) is 17.9 Å². The molecule has 3 fully saturated rings. The normalized spacial score (nSPS) is 16.4. The highest BCUT2D eigenvalue weighted by atomic mass is 16.7. The summed E-state index contributed by atoms with van der Waals surface area (Å²) in [4.78, 5) is 57.9. The smallest absolute Gasteiger partial charge is 0.411 e. The molecule has 0 bridgehead atoms. The lowest BCUT2D eigenvalue weighted by atomic mass is 9.97. The van der Waals surface area contributed by atoms with Crippen LogP contribution in [0.25, 0.3) is 11.1 Å². The number of para-hydroxylation sites is 1. The maximum Gasteiger partial charge on any atom is 0.411 e. The monoisotopic (exact) mass is 1210 g/mol. The molecule has 88 heavy (non-hydrogen) atoms. The molecule has 5 aromatic carbocycles. The largest absolute Gasteiger partial charge is 0.446 e. The minimum absolute atomic E-state index is 0.0117. The van der Waals surface area contributed by atoms with E-state index in [1.54, 1.807) is 12.1 Å². The average Bonchev–Trinajstić information content (AvgIpc) is 2.35. The van der Waals surface area contributed by atoms with Crippen LogP contribution < -0.4 is 10.6 Å². The van der Waals surface area contributed by atoms with Crippen LogP contribution in [0.4, 0.5) is 15.3 Å². The highest BCUT2D eigenvalue weighted by Crippen LogP contribution is 2.31. The molecule has 0 aromatic heterocycles. The molecular formula is C72H99N6O10+. The highest BCUT2D eigenvalue weighted by molar-refractivity contribution is 6.26. The SMILES string of the molecule is CN(CCCCCCCCCN1CCC(OC(=O)Nc2ccccc2-c2ccccc2)CC1)CC1OCCO1.C[N+](C)(CCCCC1C(=O)c2ccccc2C1=O)CCOCCOCCN1CCC(OC(=O)NC(c2ccccc2)c2ccccc2)CC1. The van der Waals surface area contributed by atoms with E-state index >= 15 is 0 Å². The third-order valence-corrected chi connectivity index (χ3v) is 17.4. The lowest BCUT2D eigenvalue weighted by molar-refractivity contribution is -0.891. The van der Waals surface area contributed by atoms with Gasteiger partial charge in [-0.15, -0.1) is 0 Å². The number of hydrogen-bond donors (Lipinski definition) is 2.